The van der Waals surface area contributed by atoms with Gasteiger partial charge in [0.05, 0.1) is 6.42 Å². The van der Waals surface area contributed by atoms with Gasteiger partial charge in [-0.2, -0.15) is 4.98 Å². The van der Waals surface area contributed by atoms with E-state index in [9.17, 15) is 5.11 Å². The van der Waals surface area contributed by atoms with E-state index in [-0.39, 0.29) is 0 Å². The van der Waals surface area contributed by atoms with Crippen LogP contribution in [0.2, 0.25) is 0 Å². The molecular weight excluding hydrogens is 240 g/mol. The van der Waals surface area contributed by atoms with Gasteiger partial charge < -0.3 is 9.63 Å². The summed E-state index contributed by atoms with van der Waals surface area (Å²) < 4.78 is 5.19. The summed E-state index contributed by atoms with van der Waals surface area (Å²) in [6.07, 6.45) is 1.53. The van der Waals surface area contributed by atoms with Crippen molar-refractivity contribution < 1.29 is 9.63 Å². The molecular formula is C15H20N2O2. The molecule has 4 heteroatoms. The molecule has 1 aromatic carbocycles. The van der Waals surface area contributed by atoms with Crippen molar-refractivity contribution in [3.8, 4) is 0 Å². The number of benzene rings is 1. The Kier molecular flexibility index (Phi) is 4.32. The number of hydrogen-bond acceptors (Lipinski definition) is 4. The molecule has 0 saturated carbocycles. The highest BCUT2D eigenvalue weighted by Crippen LogP contribution is 2.17. The minimum absolute atomic E-state index is 0.390. The van der Waals surface area contributed by atoms with Crippen molar-refractivity contribution in [2.45, 2.75) is 46.1 Å². The van der Waals surface area contributed by atoms with Gasteiger partial charge in [0, 0.05) is 0 Å². The standard InChI is InChI=1S/C15H20N2O2/c1-4-5-13(18)15-16-14(19-17-15)9-12-7-6-10(2)11(3)8-12/h6-8,13,18H,4-5,9H2,1-3H3. The second kappa shape index (κ2) is 5.97. The van der Waals surface area contributed by atoms with E-state index in [1.165, 1.54) is 11.1 Å². The van der Waals surface area contributed by atoms with Crippen molar-refractivity contribution >= 4 is 0 Å². The van der Waals surface area contributed by atoms with Gasteiger partial charge in [0.1, 0.15) is 6.10 Å². The summed E-state index contributed by atoms with van der Waals surface area (Å²) in [5, 5.41) is 13.6. The Hall–Kier alpha value is -1.68. The van der Waals surface area contributed by atoms with E-state index in [4.69, 9.17) is 4.52 Å². The van der Waals surface area contributed by atoms with Crippen LogP contribution in [-0.2, 0) is 6.42 Å². The van der Waals surface area contributed by atoms with Crippen LogP contribution < -0.4 is 0 Å². The topological polar surface area (TPSA) is 59.2 Å². The van der Waals surface area contributed by atoms with Crippen LogP contribution in [0.1, 0.15) is 54.3 Å². The highest BCUT2D eigenvalue weighted by Gasteiger charge is 2.14. The minimum Gasteiger partial charge on any atom is -0.385 e. The molecule has 1 aromatic heterocycles. The molecule has 0 spiro atoms. The van der Waals surface area contributed by atoms with E-state index in [2.05, 4.69) is 42.2 Å². The van der Waals surface area contributed by atoms with E-state index < -0.39 is 6.10 Å². The van der Waals surface area contributed by atoms with Crippen LogP contribution >= 0.6 is 0 Å². The lowest BCUT2D eigenvalue weighted by atomic mass is 10.0. The Morgan fingerprint density at radius 2 is 2.05 bits per heavy atom. The highest BCUT2D eigenvalue weighted by atomic mass is 16.5. The van der Waals surface area contributed by atoms with Gasteiger partial charge in [0.2, 0.25) is 5.89 Å². The Bertz CT molecular complexity index is 549. The predicted octanol–water partition coefficient (Wildman–Crippen LogP) is 3.11. The molecule has 0 radical (unpaired) electrons. The van der Waals surface area contributed by atoms with Crippen molar-refractivity contribution in [3.63, 3.8) is 0 Å². The molecule has 0 fully saturated rings. The van der Waals surface area contributed by atoms with Gasteiger partial charge in [-0.3, -0.25) is 0 Å². The zero-order valence-corrected chi connectivity index (χ0v) is 11.7. The summed E-state index contributed by atoms with van der Waals surface area (Å²) in [7, 11) is 0. The molecule has 2 rings (SSSR count). The third-order valence-corrected chi connectivity index (χ3v) is 3.27. The first-order chi connectivity index (χ1) is 9.10. The van der Waals surface area contributed by atoms with E-state index >= 15 is 0 Å². The van der Waals surface area contributed by atoms with Crippen LogP contribution in [0.5, 0.6) is 0 Å². The summed E-state index contributed by atoms with van der Waals surface area (Å²) in [5.74, 6) is 0.939. The number of rotatable bonds is 5. The zero-order chi connectivity index (χ0) is 13.8. The van der Waals surface area contributed by atoms with Gasteiger partial charge in [0.25, 0.3) is 0 Å². The van der Waals surface area contributed by atoms with Crippen LogP contribution in [0, 0.1) is 13.8 Å². The first kappa shape index (κ1) is 13.7. The largest absolute Gasteiger partial charge is 0.385 e. The Morgan fingerprint density at radius 3 is 2.74 bits per heavy atom. The third kappa shape index (κ3) is 3.41. The van der Waals surface area contributed by atoms with Crippen molar-refractivity contribution in [2.75, 3.05) is 0 Å². The highest BCUT2D eigenvalue weighted by molar-refractivity contribution is 5.31. The molecule has 0 bridgehead atoms. The first-order valence-corrected chi connectivity index (χ1v) is 6.66. The number of aliphatic hydroxyl groups is 1. The summed E-state index contributed by atoms with van der Waals surface area (Å²) >= 11 is 0. The van der Waals surface area contributed by atoms with Crippen molar-refractivity contribution in [1.82, 2.24) is 10.1 Å². The summed E-state index contributed by atoms with van der Waals surface area (Å²) in [6, 6.07) is 6.28. The second-order valence-electron chi connectivity index (χ2n) is 4.95. The monoisotopic (exact) mass is 260 g/mol. The fourth-order valence-electron chi connectivity index (χ4n) is 1.97. The molecule has 0 aliphatic carbocycles. The molecule has 102 valence electrons. The molecule has 0 aliphatic heterocycles. The summed E-state index contributed by atoms with van der Waals surface area (Å²) in [5.41, 5.74) is 3.67. The Morgan fingerprint density at radius 1 is 1.26 bits per heavy atom. The van der Waals surface area contributed by atoms with Gasteiger partial charge >= 0.3 is 0 Å². The molecule has 0 saturated heterocycles. The maximum atomic E-state index is 9.80. The van der Waals surface area contributed by atoms with E-state index in [1.54, 1.807) is 0 Å². The van der Waals surface area contributed by atoms with Crippen LogP contribution in [0.25, 0.3) is 0 Å². The molecule has 1 unspecified atom stereocenters. The van der Waals surface area contributed by atoms with Crippen LogP contribution in [-0.4, -0.2) is 15.2 Å². The third-order valence-electron chi connectivity index (χ3n) is 3.27. The fraction of sp³-hybridized carbons (Fsp3) is 0.467. The molecule has 1 N–H and O–H groups in total. The Labute approximate surface area is 113 Å². The number of aromatic nitrogens is 2. The van der Waals surface area contributed by atoms with Crippen LogP contribution in [0.3, 0.4) is 0 Å². The maximum Gasteiger partial charge on any atom is 0.231 e. The Balaban J connectivity index is 2.09. The van der Waals surface area contributed by atoms with Gasteiger partial charge in [-0.05, 0) is 37.0 Å². The number of aryl methyl sites for hydroxylation is 2. The lowest BCUT2D eigenvalue weighted by Gasteiger charge is -2.03. The molecule has 0 amide bonds. The fourth-order valence-corrected chi connectivity index (χ4v) is 1.97. The number of aliphatic hydroxyl groups excluding tert-OH is 1. The van der Waals surface area contributed by atoms with Gasteiger partial charge in [-0.15, -0.1) is 0 Å². The average Bonchev–Trinajstić information content (AvgIpc) is 2.83. The SMILES string of the molecule is CCCC(O)c1noc(Cc2ccc(C)c(C)c2)n1. The van der Waals surface area contributed by atoms with Crippen molar-refractivity contribution in [2.24, 2.45) is 0 Å². The van der Waals surface area contributed by atoms with Crippen LogP contribution in [0.4, 0.5) is 0 Å². The van der Waals surface area contributed by atoms with E-state index in [1.807, 2.05) is 6.92 Å². The quantitative estimate of drug-likeness (QED) is 0.897. The van der Waals surface area contributed by atoms with Gasteiger partial charge in [-0.25, -0.2) is 0 Å². The second-order valence-corrected chi connectivity index (χ2v) is 4.95. The predicted molar refractivity (Wildman–Crippen MR) is 72.9 cm³/mol. The minimum atomic E-state index is -0.623. The van der Waals surface area contributed by atoms with E-state index in [0.29, 0.717) is 24.6 Å². The molecule has 1 atom stereocenters. The summed E-state index contributed by atoms with van der Waals surface area (Å²) in [6.45, 7) is 6.19. The van der Waals surface area contributed by atoms with Crippen molar-refractivity contribution in [3.05, 3.63) is 46.6 Å². The number of hydrogen-bond donors (Lipinski definition) is 1. The maximum absolute atomic E-state index is 9.80. The molecule has 19 heavy (non-hydrogen) atoms. The lowest BCUT2D eigenvalue weighted by Crippen LogP contribution is -1.99. The van der Waals surface area contributed by atoms with Crippen LogP contribution in [0.15, 0.2) is 22.7 Å². The summed E-state index contributed by atoms with van der Waals surface area (Å²) in [4.78, 5) is 4.25. The average molecular weight is 260 g/mol. The number of nitrogens with zero attached hydrogens (tertiary/aromatic N) is 2. The smallest absolute Gasteiger partial charge is 0.231 e. The first-order valence-electron chi connectivity index (χ1n) is 6.66. The zero-order valence-electron chi connectivity index (χ0n) is 11.7. The normalized spacial score (nSPS) is 12.6. The lowest BCUT2D eigenvalue weighted by molar-refractivity contribution is 0.153. The van der Waals surface area contributed by atoms with Gasteiger partial charge in [0.15, 0.2) is 5.82 Å². The molecule has 0 aliphatic rings. The molecule has 1 heterocycles. The van der Waals surface area contributed by atoms with E-state index in [0.717, 1.165) is 12.0 Å². The molecule has 4 nitrogen and oxygen atoms in total. The van der Waals surface area contributed by atoms with Gasteiger partial charge in [-0.1, -0.05) is 36.7 Å². The van der Waals surface area contributed by atoms with Crippen molar-refractivity contribution in [1.29, 1.82) is 0 Å². The molecule has 2 aromatic rings.